The minimum absolute atomic E-state index is 0.122. The minimum atomic E-state index is -4.73. The number of hydrogen-bond acceptors (Lipinski definition) is 1. The van der Waals surface area contributed by atoms with E-state index in [1.165, 1.54) is 6.07 Å². The predicted molar refractivity (Wildman–Crippen MR) is 73.5 cm³/mol. The van der Waals surface area contributed by atoms with Gasteiger partial charge in [0.2, 0.25) is 0 Å². The Balaban J connectivity index is 2.40. The van der Waals surface area contributed by atoms with Crippen LogP contribution in [0.5, 0.6) is 0 Å². The number of nitrogens with one attached hydrogen (secondary N) is 1. The van der Waals surface area contributed by atoms with Gasteiger partial charge >= 0.3 is 6.18 Å². The Morgan fingerprint density at radius 3 is 2.32 bits per heavy atom. The average molecular weight is 380 g/mol. The topological polar surface area (TPSA) is 29.1 Å². The molecule has 22 heavy (non-hydrogen) atoms. The normalized spacial score (nSPS) is 11.4. The second kappa shape index (κ2) is 6.04. The highest BCUT2D eigenvalue weighted by Gasteiger charge is 2.35. The Hall–Kier alpha value is -1.96. The molecule has 2 rings (SSSR count). The number of halogens is 6. The van der Waals surface area contributed by atoms with Crippen molar-refractivity contribution in [1.29, 1.82) is 0 Å². The van der Waals surface area contributed by atoms with Gasteiger partial charge in [-0.2, -0.15) is 13.2 Å². The summed E-state index contributed by atoms with van der Waals surface area (Å²) in [5.74, 6) is -3.15. The summed E-state index contributed by atoms with van der Waals surface area (Å²) in [6.07, 6.45) is -4.73. The molecule has 2 nitrogen and oxygen atoms in total. The zero-order chi connectivity index (χ0) is 16.5. The fraction of sp³-hybridized carbons (Fsp3) is 0.0714. The lowest BCUT2D eigenvalue weighted by molar-refractivity contribution is -0.137. The number of hydrogen-bond donors (Lipinski definition) is 1. The number of rotatable bonds is 2. The number of benzene rings is 2. The quantitative estimate of drug-likeness (QED) is 0.731. The predicted octanol–water partition coefficient (Wildman–Crippen LogP) is 5.00. The van der Waals surface area contributed by atoms with Gasteiger partial charge in [-0.15, -0.1) is 0 Å². The minimum Gasteiger partial charge on any atom is -0.319 e. The van der Waals surface area contributed by atoms with Gasteiger partial charge in [0.05, 0.1) is 16.8 Å². The first-order valence-electron chi connectivity index (χ1n) is 5.82. The molecule has 0 fully saturated rings. The highest BCUT2D eigenvalue weighted by Crippen LogP contribution is 2.33. The molecular formula is C14H7BrF5NO. The van der Waals surface area contributed by atoms with E-state index >= 15 is 0 Å². The fourth-order valence-electron chi connectivity index (χ4n) is 1.77. The molecule has 2 aromatic rings. The Bertz CT molecular complexity index is 706. The van der Waals surface area contributed by atoms with E-state index in [0.717, 1.165) is 24.3 Å². The van der Waals surface area contributed by atoms with Gasteiger partial charge in [0.1, 0.15) is 5.82 Å². The van der Waals surface area contributed by atoms with Crippen LogP contribution in [0.25, 0.3) is 0 Å². The summed E-state index contributed by atoms with van der Waals surface area (Å²) in [7, 11) is 0. The van der Waals surface area contributed by atoms with Crippen LogP contribution in [0.15, 0.2) is 40.9 Å². The van der Waals surface area contributed by atoms with Crippen LogP contribution in [0.2, 0.25) is 0 Å². The van der Waals surface area contributed by atoms with Crippen LogP contribution in [0.1, 0.15) is 15.9 Å². The molecular weight excluding hydrogens is 373 g/mol. The lowest BCUT2D eigenvalue weighted by Gasteiger charge is -2.13. The summed E-state index contributed by atoms with van der Waals surface area (Å²) >= 11 is 2.84. The molecule has 8 heteroatoms. The molecule has 0 radical (unpaired) electrons. The third-order valence-electron chi connectivity index (χ3n) is 2.72. The lowest BCUT2D eigenvalue weighted by Crippen LogP contribution is -2.19. The van der Waals surface area contributed by atoms with Crippen molar-refractivity contribution in [2.45, 2.75) is 6.18 Å². The summed E-state index contributed by atoms with van der Waals surface area (Å²) in [6.45, 7) is 0. The van der Waals surface area contributed by atoms with Gasteiger partial charge in [-0.25, -0.2) is 8.78 Å². The van der Waals surface area contributed by atoms with Gasteiger partial charge in [-0.05, 0) is 34.1 Å². The van der Waals surface area contributed by atoms with Crippen LogP contribution in [-0.2, 0) is 6.18 Å². The van der Waals surface area contributed by atoms with Crippen LogP contribution in [0.4, 0.5) is 27.6 Å². The molecule has 1 amide bonds. The van der Waals surface area contributed by atoms with Gasteiger partial charge in [0, 0.05) is 10.5 Å². The third kappa shape index (κ3) is 3.44. The van der Waals surface area contributed by atoms with E-state index in [1.54, 1.807) is 0 Å². The molecule has 0 spiro atoms. The molecule has 116 valence electrons. The number of anilines is 1. The molecule has 0 saturated heterocycles. The van der Waals surface area contributed by atoms with E-state index in [9.17, 15) is 26.7 Å². The van der Waals surface area contributed by atoms with Gasteiger partial charge in [0.15, 0.2) is 5.82 Å². The number of amides is 1. The van der Waals surface area contributed by atoms with Crippen LogP contribution in [-0.4, -0.2) is 5.91 Å². The van der Waals surface area contributed by atoms with Gasteiger partial charge in [-0.1, -0.05) is 12.1 Å². The highest BCUT2D eigenvalue weighted by atomic mass is 79.9. The standard InChI is InChI=1S/C14H7BrF5NO/c15-10-5-7(16)6-11(17)12(10)21-13(22)8-3-1-2-4-9(8)14(18,19)20/h1-6H,(H,21,22). The summed E-state index contributed by atoms with van der Waals surface area (Å²) < 4.78 is 65.0. The SMILES string of the molecule is O=C(Nc1c(F)cc(F)cc1Br)c1ccccc1C(F)(F)F. The van der Waals surface area contributed by atoms with Crippen molar-refractivity contribution in [3.05, 3.63) is 63.6 Å². The van der Waals surface area contributed by atoms with Crippen LogP contribution in [0.3, 0.4) is 0 Å². The zero-order valence-electron chi connectivity index (χ0n) is 10.6. The van der Waals surface area contributed by atoms with E-state index < -0.39 is 40.5 Å². The van der Waals surface area contributed by atoms with Crippen LogP contribution < -0.4 is 5.32 Å². The van der Waals surface area contributed by atoms with Crippen molar-refractivity contribution >= 4 is 27.5 Å². The molecule has 0 heterocycles. The largest absolute Gasteiger partial charge is 0.417 e. The molecule has 0 atom stereocenters. The second-order valence-corrected chi connectivity index (χ2v) is 5.10. The maximum atomic E-state index is 13.6. The van der Waals surface area contributed by atoms with Crippen molar-refractivity contribution in [3.8, 4) is 0 Å². The van der Waals surface area contributed by atoms with Crippen molar-refractivity contribution in [2.24, 2.45) is 0 Å². The van der Waals surface area contributed by atoms with E-state index in [4.69, 9.17) is 0 Å². The van der Waals surface area contributed by atoms with Crippen molar-refractivity contribution in [2.75, 3.05) is 5.32 Å². The molecule has 0 aliphatic heterocycles. The molecule has 1 N–H and O–H groups in total. The van der Waals surface area contributed by atoms with Crippen LogP contribution >= 0.6 is 15.9 Å². The van der Waals surface area contributed by atoms with E-state index in [-0.39, 0.29) is 4.47 Å². The Kier molecular flexibility index (Phi) is 4.50. The first-order chi connectivity index (χ1) is 10.2. The van der Waals surface area contributed by atoms with E-state index in [1.807, 2.05) is 5.32 Å². The molecule has 0 aromatic heterocycles. The molecule has 0 unspecified atom stereocenters. The molecule has 0 saturated carbocycles. The van der Waals surface area contributed by atoms with Crippen molar-refractivity contribution in [1.82, 2.24) is 0 Å². The first kappa shape index (κ1) is 16.4. The summed E-state index contributed by atoms with van der Waals surface area (Å²) in [5.41, 5.74) is -2.25. The van der Waals surface area contributed by atoms with Gasteiger partial charge in [-0.3, -0.25) is 4.79 Å². The molecule has 2 aromatic carbocycles. The molecule has 0 aliphatic carbocycles. The fourth-order valence-corrected chi connectivity index (χ4v) is 2.28. The average Bonchev–Trinajstić information content (AvgIpc) is 2.41. The van der Waals surface area contributed by atoms with Crippen molar-refractivity contribution < 1.29 is 26.7 Å². The first-order valence-corrected chi connectivity index (χ1v) is 6.61. The van der Waals surface area contributed by atoms with Crippen molar-refractivity contribution in [3.63, 3.8) is 0 Å². The van der Waals surface area contributed by atoms with E-state index in [2.05, 4.69) is 15.9 Å². The van der Waals surface area contributed by atoms with Gasteiger partial charge in [0.25, 0.3) is 5.91 Å². The molecule has 0 bridgehead atoms. The maximum Gasteiger partial charge on any atom is 0.417 e. The smallest absolute Gasteiger partial charge is 0.319 e. The Morgan fingerprint density at radius 2 is 1.73 bits per heavy atom. The summed E-state index contributed by atoms with van der Waals surface area (Å²) in [5, 5.41) is 2.01. The maximum absolute atomic E-state index is 13.6. The van der Waals surface area contributed by atoms with Crippen LogP contribution in [0, 0.1) is 11.6 Å². The number of alkyl halides is 3. The number of carbonyl (C=O) groups is 1. The Labute approximate surface area is 130 Å². The number of carbonyl (C=O) groups excluding carboxylic acids is 1. The van der Waals surface area contributed by atoms with E-state index in [0.29, 0.717) is 6.07 Å². The zero-order valence-corrected chi connectivity index (χ0v) is 12.2. The summed E-state index contributed by atoms with van der Waals surface area (Å²) in [6, 6.07) is 5.48. The summed E-state index contributed by atoms with van der Waals surface area (Å²) in [4.78, 5) is 12.0. The second-order valence-electron chi connectivity index (χ2n) is 4.24. The monoisotopic (exact) mass is 379 g/mol. The molecule has 0 aliphatic rings. The van der Waals surface area contributed by atoms with Gasteiger partial charge < -0.3 is 5.32 Å². The lowest BCUT2D eigenvalue weighted by atomic mass is 10.1. The highest BCUT2D eigenvalue weighted by molar-refractivity contribution is 9.10. The third-order valence-corrected chi connectivity index (χ3v) is 3.35. The Morgan fingerprint density at radius 1 is 1.09 bits per heavy atom.